The van der Waals surface area contributed by atoms with Gasteiger partial charge in [0.25, 0.3) is 0 Å². The molecule has 1 atom stereocenters. The zero-order valence-electron chi connectivity index (χ0n) is 15.8. The highest BCUT2D eigenvalue weighted by Gasteiger charge is 2.27. The predicted molar refractivity (Wildman–Crippen MR) is 110 cm³/mol. The number of amides is 1. The van der Waals surface area contributed by atoms with Gasteiger partial charge < -0.3 is 4.90 Å². The first-order chi connectivity index (χ1) is 13.1. The van der Waals surface area contributed by atoms with Crippen molar-refractivity contribution in [3.63, 3.8) is 0 Å². The fourth-order valence-electron chi connectivity index (χ4n) is 2.84. The second-order valence-electron chi connectivity index (χ2n) is 6.25. The minimum atomic E-state index is -0.368. The van der Waals surface area contributed by atoms with E-state index in [1.165, 1.54) is 17.3 Å². The summed E-state index contributed by atoms with van der Waals surface area (Å²) in [5, 5.41) is 7.52. The van der Waals surface area contributed by atoms with E-state index in [9.17, 15) is 4.79 Å². The van der Waals surface area contributed by atoms with Crippen LogP contribution in [0.25, 0.3) is 11.4 Å². The van der Waals surface area contributed by atoms with Crippen LogP contribution in [0.3, 0.4) is 0 Å². The topological polar surface area (TPSA) is 61.9 Å². The number of carbonyl (C=O) groups excluding carboxylic acids is 1. The molecule has 0 aliphatic carbocycles. The molecule has 0 unspecified atom stereocenters. The summed E-state index contributed by atoms with van der Waals surface area (Å²) in [6.07, 6.45) is 0. The van der Waals surface area contributed by atoms with Gasteiger partial charge in [0.15, 0.2) is 5.82 Å². The molecule has 3 aromatic rings. The van der Waals surface area contributed by atoms with Crippen LogP contribution < -0.4 is 0 Å². The molecule has 27 heavy (non-hydrogen) atoms. The van der Waals surface area contributed by atoms with Crippen LogP contribution in [-0.2, 0) is 4.79 Å². The average Bonchev–Trinajstić information content (AvgIpc) is 3.17. The van der Waals surface area contributed by atoms with Crippen molar-refractivity contribution in [1.82, 2.24) is 20.1 Å². The molecule has 2 aromatic carbocycles. The quantitative estimate of drug-likeness (QED) is 0.614. The van der Waals surface area contributed by atoms with E-state index in [-0.39, 0.29) is 11.2 Å². The van der Waals surface area contributed by atoms with Crippen LogP contribution in [0, 0.1) is 6.92 Å². The number of benzene rings is 2. The molecule has 1 amide bonds. The Hall–Kier alpha value is -2.60. The molecule has 0 fully saturated rings. The number of aryl methyl sites for hydroxylation is 1. The fourth-order valence-corrected chi connectivity index (χ4v) is 3.83. The van der Waals surface area contributed by atoms with E-state index in [1.54, 1.807) is 0 Å². The van der Waals surface area contributed by atoms with Crippen LogP contribution in [0.15, 0.2) is 59.8 Å². The molecule has 0 spiro atoms. The van der Waals surface area contributed by atoms with Gasteiger partial charge in [0.1, 0.15) is 5.25 Å². The maximum atomic E-state index is 13.1. The molecular formula is C21H24N4OS. The van der Waals surface area contributed by atoms with Gasteiger partial charge in [0.2, 0.25) is 11.1 Å². The lowest BCUT2D eigenvalue weighted by atomic mass is 10.1. The summed E-state index contributed by atoms with van der Waals surface area (Å²) in [4.78, 5) is 19.5. The van der Waals surface area contributed by atoms with Gasteiger partial charge in [-0.3, -0.25) is 9.89 Å². The van der Waals surface area contributed by atoms with Crippen molar-refractivity contribution in [2.24, 2.45) is 0 Å². The minimum absolute atomic E-state index is 0.0814. The maximum Gasteiger partial charge on any atom is 0.240 e. The van der Waals surface area contributed by atoms with E-state index in [0.717, 1.165) is 11.1 Å². The van der Waals surface area contributed by atoms with Crippen LogP contribution in [0.2, 0.25) is 0 Å². The molecule has 5 nitrogen and oxygen atoms in total. The number of carbonyl (C=O) groups is 1. The van der Waals surface area contributed by atoms with E-state index in [2.05, 4.69) is 22.1 Å². The number of hydrogen-bond acceptors (Lipinski definition) is 4. The molecule has 6 heteroatoms. The van der Waals surface area contributed by atoms with Crippen LogP contribution >= 0.6 is 11.8 Å². The molecule has 0 saturated carbocycles. The Morgan fingerprint density at radius 1 is 1.07 bits per heavy atom. The Kier molecular flexibility index (Phi) is 6.29. The van der Waals surface area contributed by atoms with Gasteiger partial charge in [-0.25, -0.2) is 4.98 Å². The zero-order valence-corrected chi connectivity index (χ0v) is 16.7. The number of H-pyrrole nitrogens is 1. The summed E-state index contributed by atoms with van der Waals surface area (Å²) in [5.74, 6) is 0.789. The van der Waals surface area contributed by atoms with Crippen LogP contribution in [-0.4, -0.2) is 39.1 Å². The summed E-state index contributed by atoms with van der Waals surface area (Å²) >= 11 is 1.38. The highest BCUT2D eigenvalue weighted by molar-refractivity contribution is 8.00. The minimum Gasteiger partial charge on any atom is -0.342 e. The second-order valence-corrected chi connectivity index (χ2v) is 7.32. The van der Waals surface area contributed by atoms with Gasteiger partial charge >= 0.3 is 0 Å². The number of rotatable bonds is 7. The van der Waals surface area contributed by atoms with Crippen molar-refractivity contribution in [3.05, 3.63) is 65.7 Å². The van der Waals surface area contributed by atoms with Crippen molar-refractivity contribution in [2.75, 3.05) is 13.1 Å². The van der Waals surface area contributed by atoms with Gasteiger partial charge in [-0.2, -0.15) is 0 Å². The molecule has 0 radical (unpaired) electrons. The largest absolute Gasteiger partial charge is 0.342 e. The number of nitrogens with zero attached hydrogens (tertiary/aromatic N) is 3. The smallest absolute Gasteiger partial charge is 0.240 e. The van der Waals surface area contributed by atoms with Crippen molar-refractivity contribution in [3.8, 4) is 11.4 Å². The summed E-state index contributed by atoms with van der Waals surface area (Å²) in [6.45, 7) is 7.41. The van der Waals surface area contributed by atoms with E-state index >= 15 is 0 Å². The molecule has 1 aromatic heterocycles. The Morgan fingerprint density at radius 2 is 1.74 bits per heavy atom. The Labute approximate surface area is 164 Å². The number of hydrogen-bond donors (Lipinski definition) is 1. The number of thioether (sulfide) groups is 1. The lowest BCUT2D eigenvalue weighted by Gasteiger charge is -2.24. The number of likely N-dealkylation sites (N-methyl/N-ethyl adjacent to an activating group) is 1. The third kappa shape index (κ3) is 4.57. The molecule has 1 N–H and O–H groups in total. The van der Waals surface area contributed by atoms with Crippen LogP contribution in [0.4, 0.5) is 0 Å². The zero-order chi connectivity index (χ0) is 19.2. The van der Waals surface area contributed by atoms with E-state index in [1.807, 2.05) is 73.3 Å². The van der Waals surface area contributed by atoms with E-state index < -0.39 is 0 Å². The summed E-state index contributed by atoms with van der Waals surface area (Å²) in [7, 11) is 0. The first kappa shape index (κ1) is 19.2. The third-order valence-corrected chi connectivity index (χ3v) is 5.52. The first-order valence-electron chi connectivity index (χ1n) is 9.12. The van der Waals surface area contributed by atoms with Crippen LogP contribution in [0.1, 0.15) is 30.2 Å². The first-order valence-corrected chi connectivity index (χ1v) is 10.00. The molecule has 0 bridgehead atoms. The van der Waals surface area contributed by atoms with Gasteiger partial charge in [-0.05, 0) is 26.3 Å². The second kappa shape index (κ2) is 8.86. The standard InChI is InChI=1S/C21H24N4OS/c1-4-25(5-2)20(26)18(16-9-7-6-8-10-16)27-21-22-19(23-24-21)17-13-11-15(3)12-14-17/h6-14,18H,4-5H2,1-3H3,(H,22,23,24)/t18-/m0/s1. The summed E-state index contributed by atoms with van der Waals surface area (Å²) in [6, 6.07) is 17.9. The number of aromatic nitrogens is 3. The average molecular weight is 381 g/mol. The molecule has 1 heterocycles. The molecule has 3 rings (SSSR count). The predicted octanol–water partition coefficient (Wildman–Crippen LogP) is 4.48. The van der Waals surface area contributed by atoms with E-state index in [4.69, 9.17) is 0 Å². The van der Waals surface area contributed by atoms with Gasteiger partial charge in [0.05, 0.1) is 0 Å². The van der Waals surface area contributed by atoms with Crippen LogP contribution in [0.5, 0.6) is 0 Å². The van der Waals surface area contributed by atoms with Crippen molar-refractivity contribution < 1.29 is 4.79 Å². The lowest BCUT2D eigenvalue weighted by molar-refractivity contribution is -0.130. The van der Waals surface area contributed by atoms with Gasteiger partial charge in [0, 0.05) is 18.7 Å². The molecule has 140 valence electrons. The summed E-state index contributed by atoms with van der Waals surface area (Å²) < 4.78 is 0. The molecule has 0 aliphatic heterocycles. The number of aromatic amines is 1. The van der Waals surface area contributed by atoms with Crippen molar-refractivity contribution >= 4 is 17.7 Å². The Balaban J connectivity index is 1.86. The SMILES string of the molecule is CCN(CC)C(=O)[C@@H](Sc1n[nH]c(-c2ccc(C)cc2)n1)c1ccccc1. The monoisotopic (exact) mass is 380 g/mol. The third-order valence-electron chi connectivity index (χ3n) is 4.41. The summed E-state index contributed by atoms with van der Waals surface area (Å²) in [5.41, 5.74) is 3.13. The van der Waals surface area contributed by atoms with E-state index in [0.29, 0.717) is 24.1 Å². The molecule has 0 saturated heterocycles. The lowest BCUT2D eigenvalue weighted by Crippen LogP contribution is -2.33. The molecule has 0 aliphatic rings. The highest BCUT2D eigenvalue weighted by atomic mass is 32.2. The van der Waals surface area contributed by atoms with Crippen molar-refractivity contribution in [1.29, 1.82) is 0 Å². The van der Waals surface area contributed by atoms with Gasteiger partial charge in [-0.15, -0.1) is 5.10 Å². The molecular weight excluding hydrogens is 356 g/mol. The normalized spacial score (nSPS) is 12.0. The maximum absolute atomic E-state index is 13.1. The number of nitrogens with one attached hydrogen (secondary N) is 1. The Bertz CT molecular complexity index is 873. The fraction of sp³-hybridized carbons (Fsp3) is 0.286. The van der Waals surface area contributed by atoms with Crippen molar-refractivity contribution in [2.45, 2.75) is 31.2 Å². The van der Waals surface area contributed by atoms with Gasteiger partial charge in [-0.1, -0.05) is 71.9 Å². The highest BCUT2D eigenvalue weighted by Crippen LogP contribution is 2.35. The Morgan fingerprint density at radius 3 is 2.37 bits per heavy atom.